The summed E-state index contributed by atoms with van der Waals surface area (Å²) in [5.41, 5.74) is 2.61. The van der Waals surface area contributed by atoms with E-state index in [0.29, 0.717) is 0 Å². The second-order valence-electron chi connectivity index (χ2n) is 3.58. The molecule has 1 heterocycles. The maximum Gasteiger partial charge on any atom is 0.0355 e. The largest absolute Gasteiger partial charge is 0.135 e. The number of thiophene rings is 1. The molecule has 0 unspecified atom stereocenters. The minimum Gasteiger partial charge on any atom is -0.135 e. The molecule has 90 valence electrons. The van der Waals surface area contributed by atoms with Crippen LogP contribution < -0.4 is 0 Å². The third-order valence-electron chi connectivity index (χ3n) is 2.43. The van der Waals surface area contributed by atoms with Gasteiger partial charge in [0.15, 0.2) is 0 Å². The van der Waals surface area contributed by atoms with Crippen LogP contribution in [0.2, 0.25) is 0 Å². The molecule has 2 rings (SSSR count). The summed E-state index contributed by atoms with van der Waals surface area (Å²) in [5, 5.41) is 1.34. The van der Waals surface area contributed by atoms with Gasteiger partial charge in [-0.15, -0.1) is 11.3 Å². The van der Waals surface area contributed by atoms with Crippen LogP contribution in [0.3, 0.4) is 0 Å². The molecule has 0 nitrogen and oxygen atoms in total. The Bertz CT molecular complexity index is 530. The molecule has 0 aliphatic rings. The third kappa shape index (κ3) is 2.86. The van der Waals surface area contributed by atoms with E-state index >= 15 is 0 Å². The van der Waals surface area contributed by atoms with Crippen LogP contribution in [-0.2, 0) is 0 Å². The monoisotopic (exact) mass is 244 g/mol. The second-order valence-corrected chi connectivity index (χ2v) is 4.67. The van der Waals surface area contributed by atoms with Crippen molar-refractivity contribution in [2.45, 2.75) is 27.7 Å². The summed E-state index contributed by atoms with van der Waals surface area (Å²) >= 11 is 1.80. The highest BCUT2D eigenvalue weighted by atomic mass is 32.1. The van der Waals surface area contributed by atoms with Gasteiger partial charge in [0.1, 0.15) is 0 Å². The molecule has 17 heavy (non-hydrogen) atoms. The Morgan fingerprint density at radius 2 is 1.94 bits per heavy atom. The van der Waals surface area contributed by atoms with Crippen LogP contribution in [0.25, 0.3) is 22.2 Å². The maximum atomic E-state index is 3.87. The summed E-state index contributed by atoms with van der Waals surface area (Å²) in [6, 6.07) is 6.59. The molecule has 0 amide bonds. The van der Waals surface area contributed by atoms with Gasteiger partial charge in [0.05, 0.1) is 0 Å². The van der Waals surface area contributed by atoms with E-state index < -0.39 is 0 Å². The van der Waals surface area contributed by atoms with E-state index in [1.165, 1.54) is 26.1 Å². The van der Waals surface area contributed by atoms with Gasteiger partial charge in [0, 0.05) is 15.0 Å². The van der Waals surface area contributed by atoms with Crippen LogP contribution in [0.4, 0.5) is 0 Å². The summed E-state index contributed by atoms with van der Waals surface area (Å²) in [7, 11) is 0. The summed E-state index contributed by atoms with van der Waals surface area (Å²) < 4.78 is 1.34. The normalized spacial score (nSPS) is 10.4. The number of hydrogen-bond donors (Lipinski definition) is 0. The van der Waals surface area contributed by atoms with E-state index in [1.54, 1.807) is 11.3 Å². The first-order chi connectivity index (χ1) is 8.26. The fraction of sp³-hybridized carbons (Fsp3) is 0.250. The predicted octanol–water partition coefficient (Wildman–Crippen LogP) is 5.91. The van der Waals surface area contributed by atoms with E-state index in [9.17, 15) is 0 Å². The Balaban J connectivity index is 0.000000686. The van der Waals surface area contributed by atoms with Crippen molar-refractivity contribution in [1.29, 1.82) is 0 Å². The fourth-order valence-corrected chi connectivity index (χ4v) is 2.76. The first kappa shape index (κ1) is 13.7. The van der Waals surface area contributed by atoms with E-state index in [2.05, 4.69) is 43.9 Å². The SMILES string of the molecule is C=Cc1sc2ccc(C)cc2c1/C=C\C.CC. The summed E-state index contributed by atoms with van der Waals surface area (Å²) in [4.78, 5) is 1.26. The van der Waals surface area contributed by atoms with Crippen molar-refractivity contribution in [2.75, 3.05) is 0 Å². The molecule has 0 aliphatic carbocycles. The zero-order chi connectivity index (χ0) is 12.8. The van der Waals surface area contributed by atoms with Crippen molar-refractivity contribution in [2.24, 2.45) is 0 Å². The number of aryl methyl sites for hydroxylation is 1. The Morgan fingerprint density at radius 3 is 2.53 bits per heavy atom. The number of allylic oxidation sites excluding steroid dienone is 1. The Kier molecular flexibility index (Phi) is 5.17. The van der Waals surface area contributed by atoms with E-state index in [1.807, 2.05) is 26.8 Å². The van der Waals surface area contributed by atoms with Gasteiger partial charge in [0.2, 0.25) is 0 Å². The molecule has 0 radical (unpaired) electrons. The lowest BCUT2D eigenvalue weighted by molar-refractivity contribution is 1.50. The van der Waals surface area contributed by atoms with Crippen LogP contribution in [0.5, 0.6) is 0 Å². The molecule has 0 bridgehead atoms. The molecular weight excluding hydrogens is 224 g/mol. The number of hydrogen-bond acceptors (Lipinski definition) is 1. The highest BCUT2D eigenvalue weighted by Crippen LogP contribution is 2.33. The average Bonchev–Trinajstić information content (AvgIpc) is 2.70. The van der Waals surface area contributed by atoms with Crippen LogP contribution >= 0.6 is 11.3 Å². The molecule has 1 heteroatoms. The summed E-state index contributed by atoms with van der Waals surface area (Å²) in [6.07, 6.45) is 6.18. The molecular formula is C16H20S. The van der Waals surface area contributed by atoms with Gasteiger partial charge in [-0.1, -0.05) is 50.3 Å². The van der Waals surface area contributed by atoms with Crippen molar-refractivity contribution in [3.63, 3.8) is 0 Å². The minimum absolute atomic E-state index is 1.26. The zero-order valence-corrected chi connectivity index (χ0v) is 11.9. The quantitative estimate of drug-likeness (QED) is 0.616. The topological polar surface area (TPSA) is 0 Å². The van der Waals surface area contributed by atoms with Crippen molar-refractivity contribution in [3.8, 4) is 0 Å². The van der Waals surface area contributed by atoms with Gasteiger partial charge >= 0.3 is 0 Å². The lowest BCUT2D eigenvalue weighted by atomic mass is 10.1. The number of rotatable bonds is 2. The lowest BCUT2D eigenvalue weighted by Crippen LogP contribution is -1.74. The van der Waals surface area contributed by atoms with Crippen LogP contribution in [0.15, 0.2) is 30.9 Å². The molecule has 0 spiro atoms. The van der Waals surface area contributed by atoms with Crippen molar-refractivity contribution in [1.82, 2.24) is 0 Å². The fourth-order valence-electron chi connectivity index (χ4n) is 1.74. The van der Waals surface area contributed by atoms with E-state index in [-0.39, 0.29) is 0 Å². The molecule has 1 aromatic heterocycles. The molecule has 2 aromatic rings. The van der Waals surface area contributed by atoms with Gasteiger partial charge in [-0.3, -0.25) is 0 Å². The van der Waals surface area contributed by atoms with Gasteiger partial charge in [-0.25, -0.2) is 0 Å². The van der Waals surface area contributed by atoms with Crippen LogP contribution in [-0.4, -0.2) is 0 Å². The average molecular weight is 244 g/mol. The highest BCUT2D eigenvalue weighted by Gasteiger charge is 2.06. The van der Waals surface area contributed by atoms with Gasteiger partial charge in [-0.05, 0) is 31.5 Å². The Morgan fingerprint density at radius 1 is 1.24 bits per heavy atom. The van der Waals surface area contributed by atoms with E-state index in [0.717, 1.165) is 0 Å². The predicted molar refractivity (Wildman–Crippen MR) is 82.7 cm³/mol. The number of benzene rings is 1. The number of fused-ring (bicyclic) bond motifs is 1. The highest BCUT2D eigenvalue weighted by molar-refractivity contribution is 7.20. The molecule has 0 saturated heterocycles. The van der Waals surface area contributed by atoms with Crippen LogP contribution in [0, 0.1) is 6.92 Å². The standard InChI is InChI=1S/C14H14S.C2H6/c1-4-6-11-12-9-10(3)7-8-14(12)15-13(11)5-2;1-2/h4-9H,2H2,1,3H3;1-2H3/b6-4-;. The van der Waals surface area contributed by atoms with Crippen molar-refractivity contribution >= 4 is 33.6 Å². The lowest BCUT2D eigenvalue weighted by Gasteiger charge is -1.95. The van der Waals surface area contributed by atoms with Gasteiger partial charge < -0.3 is 0 Å². The summed E-state index contributed by atoms with van der Waals surface area (Å²) in [5.74, 6) is 0. The zero-order valence-electron chi connectivity index (χ0n) is 11.1. The van der Waals surface area contributed by atoms with E-state index in [4.69, 9.17) is 0 Å². The molecule has 0 aliphatic heterocycles. The van der Waals surface area contributed by atoms with Gasteiger partial charge in [-0.2, -0.15) is 0 Å². The maximum absolute atomic E-state index is 3.87. The second kappa shape index (κ2) is 6.41. The van der Waals surface area contributed by atoms with Crippen LogP contribution in [0.1, 0.15) is 36.8 Å². The Labute approximate surface area is 108 Å². The summed E-state index contributed by atoms with van der Waals surface area (Å²) in [6.45, 7) is 12.0. The van der Waals surface area contributed by atoms with Gasteiger partial charge in [0.25, 0.3) is 0 Å². The molecule has 0 atom stereocenters. The molecule has 0 saturated carbocycles. The first-order valence-corrected chi connectivity index (χ1v) is 6.86. The van der Waals surface area contributed by atoms with Crippen molar-refractivity contribution < 1.29 is 0 Å². The molecule has 0 fully saturated rings. The Hall–Kier alpha value is -1.34. The smallest absolute Gasteiger partial charge is 0.0355 e. The third-order valence-corrected chi connectivity index (χ3v) is 3.61. The molecule has 0 N–H and O–H groups in total. The van der Waals surface area contributed by atoms with Crippen molar-refractivity contribution in [3.05, 3.63) is 46.9 Å². The molecule has 1 aromatic carbocycles. The first-order valence-electron chi connectivity index (χ1n) is 6.04. The minimum atomic E-state index is 1.26.